The van der Waals surface area contributed by atoms with Gasteiger partial charge in [0, 0.05) is 13.1 Å². The predicted octanol–water partition coefficient (Wildman–Crippen LogP) is -0.729. The standard InChI is InChI=1S/C14H20BN3O4/c1-10(13(19)16-9-15(21)22)17-14(20)18-7-6-11-4-2-3-5-12(11)8-18/h2-5,10,21-22H,6-9H2,1H3,(H,16,19)(H,17,20). The maximum absolute atomic E-state index is 12.2. The summed E-state index contributed by atoms with van der Waals surface area (Å²) in [5, 5.41) is 22.4. The Hall–Kier alpha value is -2.06. The van der Waals surface area contributed by atoms with Gasteiger partial charge in [0.2, 0.25) is 5.91 Å². The molecule has 1 heterocycles. The summed E-state index contributed by atoms with van der Waals surface area (Å²) in [6, 6.07) is 6.92. The molecule has 0 fully saturated rings. The first-order valence-corrected chi connectivity index (χ1v) is 7.23. The van der Waals surface area contributed by atoms with Crippen LogP contribution in [0.25, 0.3) is 0 Å². The molecule has 0 aromatic heterocycles. The predicted molar refractivity (Wildman–Crippen MR) is 81.8 cm³/mol. The van der Waals surface area contributed by atoms with Crippen LogP contribution in [-0.4, -0.2) is 53.0 Å². The first-order valence-electron chi connectivity index (χ1n) is 7.23. The molecule has 1 unspecified atom stereocenters. The lowest BCUT2D eigenvalue weighted by Crippen LogP contribution is -2.51. The van der Waals surface area contributed by atoms with E-state index in [1.807, 2.05) is 18.2 Å². The highest BCUT2D eigenvalue weighted by atomic mass is 16.4. The number of urea groups is 1. The topological polar surface area (TPSA) is 102 Å². The molecule has 0 saturated carbocycles. The molecule has 1 atom stereocenters. The minimum Gasteiger partial charge on any atom is -0.426 e. The van der Waals surface area contributed by atoms with Crippen molar-refractivity contribution in [3.8, 4) is 0 Å². The van der Waals surface area contributed by atoms with E-state index in [0.29, 0.717) is 13.1 Å². The molecule has 7 nitrogen and oxygen atoms in total. The zero-order chi connectivity index (χ0) is 16.1. The number of fused-ring (bicyclic) bond motifs is 1. The number of nitrogens with zero attached hydrogens (tertiary/aromatic N) is 1. The smallest absolute Gasteiger partial charge is 0.426 e. The molecule has 3 amide bonds. The van der Waals surface area contributed by atoms with Crippen molar-refractivity contribution in [2.45, 2.75) is 25.9 Å². The fourth-order valence-corrected chi connectivity index (χ4v) is 2.36. The zero-order valence-corrected chi connectivity index (χ0v) is 12.5. The highest BCUT2D eigenvalue weighted by Crippen LogP contribution is 2.18. The summed E-state index contributed by atoms with van der Waals surface area (Å²) in [5.74, 6) is -0.459. The van der Waals surface area contributed by atoms with Crippen LogP contribution in [0, 0.1) is 0 Å². The van der Waals surface area contributed by atoms with Gasteiger partial charge in [-0.05, 0) is 24.5 Å². The molecule has 1 aliphatic rings. The van der Waals surface area contributed by atoms with E-state index in [1.54, 1.807) is 11.8 Å². The zero-order valence-electron chi connectivity index (χ0n) is 12.5. The number of hydrogen-bond donors (Lipinski definition) is 4. The summed E-state index contributed by atoms with van der Waals surface area (Å²) in [4.78, 5) is 25.6. The van der Waals surface area contributed by atoms with E-state index in [9.17, 15) is 9.59 Å². The first-order chi connectivity index (χ1) is 10.5. The van der Waals surface area contributed by atoms with Crippen LogP contribution in [0.3, 0.4) is 0 Å². The summed E-state index contributed by atoms with van der Waals surface area (Å²) >= 11 is 0. The van der Waals surface area contributed by atoms with Crippen molar-refractivity contribution in [1.29, 1.82) is 0 Å². The summed E-state index contributed by atoms with van der Waals surface area (Å²) in [6.45, 7) is 2.67. The highest BCUT2D eigenvalue weighted by Gasteiger charge is 2.23. The molecule has 0 bridgehead atoms. The van der Waals surface area contributed by atoms with E-state index in [-0.39, 0.29) is 12.5 Å². The Labute approximate surface area is 129 Å². The fourth-order valence-electron chi connectivity index (χ4n) is 2.36. The Morgan fingerprint density at radius 2 is 2.00 bits per heavy atom. The molecule has 0 radical (unpaired) electrons. The third kappa shape index (κ3) is 4.22. The summed E-state index contributed by atoms with van der Waals surface area (Å²) in [5.41, 5.74) is 2.36. The largest absolute Gasteiger partial charge is 0.472 e. The third-order valence-corrected chi connectivity index (χ3v) is 3.61. The minimum atomic E-state index is -1.61. The van der Waals surface area contributed by atoms with Gasteiger partial charge in [-0.3, -0.25) is 4.79 Å². The van der Waals surface area contributed by atoms with Gasteiger partial charge in [-0.15, -0.1) is 0 Å². The van der Waals surface area contributed by atoms with Crippen molar-refractivity contribution < 1.29 is 19.6 Å². The number of carbonyl (C=O) groups is 2. The second-order valence-corrected chi connectivity index (χ2v) is 5.34. The van der Waals surface area contributed by atoms with Gasteiger partial charge in [-0.1, -0.05) is 24.3 Å². The maximum atomic E-state index is 12.2. The molecule has 2 rings (SSSR count). The summed E-state index contributed by atoms with van der Waals surface area (Å²) in [6.07, 6.45) is 0.525. The van der Waals surface area contributed by atoms with Gasteiger partial charge in [0.05, 0.1) is 6.44 Å². The number of rotatable bonds is 4. The number of nitrogens with one attached hydrogen (secondary N) is 2. The Morgan fingerprint density at radius 3 is 2.68 bits per heavy atom. The van der Waals surface area contributed by atoms with Crippen LogP contribution < -0.4 is 10.6 Å². The Kier molecular flexibility index (Phi) is 5.40. The first kappa shape index (κ1) is 16.3. The number of benzene rings is 1. The number of carbonyl (C=O) groups excluding carboxylic acids is 2. The molecule has 1 aliphatic heterocycles. The molecule has 22 heavy (non-hydrogen) atoms. The molecule has 1 aromatic rings. The fraction of sp³-hybridized carbons (Fsp3) is 0.429. The van der Waals surface area contributed by atoms with Crippen LogP contribution in [0.1, 0.15) is 18.1 Å². The van der Waals surface area contributed by atoms with Crippen molar-refractivity contribution in [2.75, 3.05) is 13.0 Å². The van der Waals surface area contributed by atoms with Crippen molar-refractivity contribution in [2.24, 2.45) is 0 Å². The van der Waals surface area contributed by atoms with E-state index in [4.69, 9.17) is 10.0 Å². The molecule has 4 N–H and O–H groups in total. The number of hydrogen-bond acceptors (Lipinski definition) is 4. The molecule has 0 aliphatic carbocycles. The van der Waals surface area contributed by atoms with Gasteiger partial charge < -0.3 is 25.6 Å². The lowest BCUT2D eigenvalue weighted by Gasteiger charge is -2.30. The quantitative estimate of drug-likeness (QED) is 0.551. The second-order valence-electron chi connectivity index (χ2n) is 5.34. The van der Waals surface area contributed by atoms with Crippen LogP contribution in [0.4, 0.5) is 4.79 Å². The third-order valence-electron chi connectivity index (χ3n) is 3.61. The average molecular weight is 305 g/mol. The molecule has 1 aromatic carbocycles. The van der Waals surface area contributed by atoms with Crippen molar-refractivity contribution in [1.82, 2.24) is 15.5 Å². The van der Waals surface area contributed by atoms with Gasteiger partial charge in [-0.2, -0.15) is 0 Å². The van der Waals surface area contributed by atoms with Gasteiger partial charge in [0.1, 0.15) is 6.04 Å². The Balaban J connectivity index is 1.86. The van der Waals surface area contributed by atoms with Gasteiger partial charge in [-0.25, -0.2) is 4.79 Å². The summed E-state index contributed by atoms with van der Waals surface area (Å²) in [7, 11) is -1.61. The van der Waals surface area contributed by atoms with Gasteiger partial charge >= 0.3 is 13.1 Å². The van der Waals surface area contributed by atoms with Crippen LogP contribution >= 0.6 is 0 Å². The van der Waals surface area contributed by atoms with E-state index in [1.165, 1.54) is 5.56 Å². The normalized spacial score (nSPS) is 14.8. The van der Waals surface area contributed by atoms with Crippen LogP contribution in [0.15, 0.2) is 24.3 Å². The van der Waals surface area contributed by atoms with E-state index < -0.39 is 19.1 Å². The SMILES string of the molecule is CC(NC(=O)N1CCc2ccccc2C1)C(=O)NCB(O)O. The molecule has 0 saturated heterocycles. The molecule has 0 spiro atoms. The average Bonchev–Trinajstić information content (AvgIpc) is 2.51. The highest BCUT2D eigenvalue weighted by molar-refractivity contribution is 6.41. The van der Waals surface area contributed by atoms with Gasteiger partial charge in [0.15, 0.2) is 0 Å². The monoisotopic (exact) mass is 305 g/mol. The molecular weight excluding hydrogens is 285 g/mol. The Morgan fingerprint density at radius 1 is 1.32 bits per heavy atom. The number of amides is 3. The van der Waals surface area contributed by atoms with Crippen LogP contribution in [-0.2, 0) is 17.8 Å². The maximum Gasteiger partial charge on any atom is 0.472 e. The van der Waals surface area contributed by atoms with E-state index in [2.05, 4.69) is 16.7 Å². The summed E-state index contributed by atoms with van der Waals surface area (Å²) < 4.78 is 0. The lowest BCUT2D eigenvalue weighted by molar-refractivity contribution is -0.122. The van der Waals surface area contributed by atoms with Crippen molar-refractivity contribution in [3.05, 3.63) is 35.4 Å². The van der Waals surface area contributed by atoms with Gasteiger partial charge in [0.25, 0.3) is 0 Å². The van der Waals surface area contributed by atoms with Crippen molar-refractivity contribution in [3.63, 3.8) is 0 Å². The molecule has 8 heteroatoms. The van der Waals surface area contributed by atoms with Crippen molar-refractivity contribution >= 4 is 19.1 Å². The minimum absolute atomic E-state index is 0.268. The van der Waals surface area contributed by atoms with E-state index >= 15 is 0 Å². The Bertz CT molecular complexity index is 553. The van der Waals surface area contributed by atoms with Crippen LogP contribution in [0.5, 0.6) is 0 Å². The van der Waals surface area contributed by atoms with Crippen LogP contribution in [0.2, 0.25) is 0 Å². The second kappa shape index (κ2) is 7.28. The van der Waals surface area contributed by atoms with E-state index in [0.717, 1.165) is 12.0 Å². The molecular formula is C14H20BN3O4. The molecule has 118 valence electrons. The lowest BCUT2D eigenvalue weighted by atomic mass is 9.92.